The van der Waals surface area contributed by atoms with Gasteiger partial charge in [0.2, 0.25) is 11.7 Å². The van der Waals surface area contributed by atoms with Crippen molar-refractivity contribution >= 4 is 40.5 Å². The van der Waals surface area contributed by atoms with E-state index in [4.69, 9.17) is 21.1 Å². The van der Waals surface area contributed by atoms with E-state index in [0.717, 1.165) is 22.9 Å². The number of ether oxygens (including phenoxy) is 2. The Labute approximate surface area is 195 Å². The lowest BCUT2D eigenvalue weighted by atomic mass is 9.99. The molecule has 7 nitrogen and oxygen atoms in total. The van der Waals surface area contributed by atoms with Gasteiger partial charge in [0, 0.05) is 41.5 Å². The molecule has 168 valence electrons. The molecule has 1 aromatic carbocycles. The number of Topliss-reactive ketones (excluding diaryl/α,β-unsaturated/α-hetero) is 1. The Balaban J connectivity index is 1.52. The summed E-state index contributed by atoms with van der Waals surface area (Å²) in [4.78, 5) is 35.5. The second kappa shape index (κ2) is 8.41. The number of pyridine rings is 1. The van der Waals surface area contributed by atoms with Gasteiger partial charge in [0.05, 0.1) is 6.10 Å². The van der Waals surface area contributed by atoms with Crippen LogP contribution in [-0.4, -0.2) is 39.3 Å². The maximum atomic E-state index is 13.3. The molecule has 1 N–H and O–H groups in total. The first-order valence-electron chi connectivity index (χ1n) is 10.7. The fraction of sp³-hybridized carbons (Fsp3) is 0.240. The van der Waals surface area contributed by atoms with Crippen LogP contribution in [0.5, 0.6) is 0 Å². The number of carbonyl (C=O) groups is 2. The number of hydrogen-bond donors (Lipinski definition) is 1. The second-order valence-corrected chi connectivity index (χ2v) is 8.74. The zero-order valence-electron chi connectivity index (χ0n) is 18.2. The van der Waals surface area contributed by atoms with Crippen LogP contribution in [0.25, 0.3) is 17.1 Å². The fourth-order valence-corrected chi connectivity index (χ4v) is 4.32. The van der Waals surface area contributed by atoms with E-state index in [9.17, 15) is 9.59 Å². The predicted molar refractivity (Wildman–Crippen MR) is 124 cm³/mol. The van der Waals surface area contributed by atoms with Crippen LogP contribution < -0.4 is 0 Å². The smallest absolute Gasteiger partial charge is 0.348 e. The van der Waals surface area contributed by atoms with Gasteiger partial charge in [0.15, 0.2) is 11.3 Å². The number of H-pyrrole nitrogens is 1. The summed E-state index contributed by atoms with van der Waals surface area (Å²) in [5.41, 5.74) is 3.59. The Morgan fingerprint density at radius 3 is 2.97 bits per heavy atom. The first kappa shape index (κ1) is 21.3. The number of hydrogen-bond acceptors (Lipinski definition) is 6. The van der Waals surface area contributed by atoms with Crippen LogP contribution in [0, 0.1) is 0 Å². The van der Waals surface area contributed by atoms with Crippen molar-refractivity contribution in [1.82, 2.24) is 14.9 Å². The average Bonchev–Trinajstić information content (AvgIpc) is 3.34. The number of ketones is 1. The van der Waals surface area contributed by atoms with Crippen LogP contribution in [0.1, 0.15) is 30.5 Å². The predicted octanol–water partition coefficient (Wildman–Crippen LogP) is 4.38. The Kier molecular flexibility index (Phi) is 5.42. The first-order chi connectivity index (χ1) is 15.9. The highest BCUT2D eigenvalue weighted by Crippen LogP contribution is 2.34. The SMILES string of the molecule is CC(C)OC(=O)C1=C(N2CCc3ccc(Cl)cc3C2)O/C(=C\c2c[nH]c3ncccc23)C1=O. The van der Waals surface area contributed by atoms with Crippen molar-refractivity contribution < 1.29 is 19.1 Å². The molecule has 2 aliphatic heterocycles. The van der Waals surface area contributed by atoms with Crippen molar-refractivity contribution in [3.8, 4) is 0 Å². The van der Waals surface area contributed by atoms with E-state index in [2.05, 4.69) is 9.97 Å². The van der Waals surface area contributed by atoms with Crippen LogP contribution in [0.4, 0.5) is 0 Å². The Morgan fingerprint density at radius 1 is 1.30 bits per heavy atom. The summed E-state index contributed by atoms with van der Waals surface area (Å²) < 4.78 is 11.4. The number of nitrogens with zero attached hydrogens (tertiary/aromatic N) is 2. The molecule has 0 unspecified atom stereocenters. The molecular weight excluding hydrogens is 442 g/mol. The molecule has 8 heteroatoms. The fourth-order valence-electron chi connectivity index (χ4n) is 4.13. The van der Waals surface area contributed by atoms with Crippen LogP contribution >= 0.6 is 11.6 Å². The zero-order chi connectivity index (χ0) is 23.1. The number of rotatable bonds is 4. The van der Waals surface area contributed by atoms with Crippen LogP contribution in [0.2, 0.25) is 5.02 Å². The molecule has 0 fully saturated rings. The summed E-state index contributed by atoms with van der Waals surface area (Å²) in [6.07, 6.45) is 5.45. The first-order valence-corrected chi connectivity index (χ1v) is 11.1. The lowest BCUT2D eigenvalue weighted by Crippen LogP contribution is -2.32. The highest BCUT2D eigenvalue weighted by Gasteiger charge is 2.40. The number of aromatic nitrogens is 2. The molecule has 0 radical (unpaired) electrons. The number of benzene rings is 1. The minimum Gasteiger partial charge on any atom is -0.459 e. The van der Waals surface area contributed by atoms with E-state index >= 15 is 0 Å². The molecular formula is C25H22ClN3O4. The summed E-state index contributed by atoms with van der Waals surface area (Å²) in [6, 6.07) is 9.50. The monoisotopic (exact) mass is 463 g/mol. The van der Waals surface area contributed by atoms with Gasteiger partial charge < -0.3 is 19.4 Å². The highest BCUT2D eigenvalue weighted by molar-refractivity contribution is 6.30. The van der Waals surface area contributed by atoms with Gasteiger partial charge in [-0.05, 0) is 61.7 Å². The van der Waals surface area contributed by atoms with Crippen LogP contribution in [-0.2, 0) is 32.0 Å². The number of halogens is 1. The van der Waals surface area contributed by atoms with Crippen molar-refractivity contribution in [3.63, 3.8) is 0 Å². The molecule has 0 saturated carbocycles. The molecule has 0 bridgehead atoms. The molecule has 5 rings (SSSR count). The van der Waals surface area contributed by atoms with Crippen LogP contribution in [0.15, 0.2) is 59.9 Å². The van der Waals surface area contributed by atoms with E-state index < -0.39 is 11.8 Å². The molecule has 33 heavy (non-hydrogen) atoms. The summed E-state index contributed by atoms with van der Waals surface area (Å²) in [7, 11) is 0. The van der Waals surface area contributed by atoms with Crippen molar-refractivity contribution in [3.05, 3.63) is 81.7 Å². The molecule has 4 heterocycles. The maximum absolute atomic E-state index is 13.3. The van der Waals surface area contributed by atoms with Gasteiger partial charge in [0.1, 0.15) is 5.65 Å². The Bertz CT molecular complexity index is 1340. The molecule has 2 aliphatic rings. The van der Waals surface area contributed by atoms with E-state index in [1.807, 2.05) is 35.2 Å². The molecule has 0 amide bonds. The largest absolute Gasteiger partial charge is 0.459 e. The van der Waals surface area contributed by atoms with Gasteiger partial charge in [-0.1, -0.05) is 17.7 Å². The lowest BCUT2D eigenvalue weighted by molar-refractivity contribution is -0.143. The van der Waals surface area contributed by atoms with Crippen molar-refractivity contribution in [2.45, 2.75) is 32.9 Å². The number of allylic oxidation sites excluding steroid dienone is 1. The molecule has 0 aliphatic carbocycles. The average molecular weight is 464 g/mol. The minimum absolute atomic E-state index is 0.0716. The Hall–Kier alpha value is -3.58. The lowest BCUT2D eigenvalue weighted by Gasteiger charge is -2.30. The second-order valence-electron chi connectivity index (χ2n) is 8.30. The van der Waals surface area contributed by atoms with Crippen molar-refractivity contribution in [1.29, 1.82) is 0 Å². The summed E-state index contributed by atoms with van der Waals surface area (Å²) >= 11 is 6.19. The molecule has 3 aromatic rings. The van der Waals surface area contributed by atoms with Crippen molar-refractivity contribution in [2.24, 2.45) is 0 Å². The van der Waals surface area contributed by atoms with Gasteiger partial charge in [0.25, 0.3) is 0 Å². The molecule has 0 spiro atoms. The number of esters is 1. The van der Waals surface area contributed by atoms with Gasteiger partial charge in [-0.25, -0.2) is 9.78 Å². The number of fused-ring (bicyclic) bond motifs is 2. The summed E-state index contributed by atoms with van der Waals surface area (Å²) in [6.45, 7) is 4.56. The third-order valence-electron chi connectivity index (χ3n) is 5.66. The third-order valence-corrected chi connectivity index (χ3v) is 5.89. The third kappa shape index (κ3) is 4.00. The number of nitrogens with one attached hydrogen (secondary N) is 1. The molecule has 0 atom stereocenters. The normalized spacial score (nSPS) is 17.2. The summed E-state index contributed by atoms with van der Waals surface area (Å²) in [5, 5.41) is 1.49. The quantitative estimate of drug-likeness (QED) is 0.351. The van der Waals surface area contributed by atoms with Gasteiger partial charge in [-0.2, -0.15) is 0 Å². The minimum atomic E-state index is -0.689. The van der Waals surface area contributed by atoms with E-state index in [0.29, 0.717) is 23.8 Å². The number of aromatic amines is 1. The van der Waals surface area contributed by atoms with Gasteiger partial charge >= 0.3 is 5.97 Å². The number of carbonyl (C=O) groups excluding carboxylic acids is 2. The molecule has 0 saturated heterocycles. The van der Waals surface area contributed by atoms with E-state index in [1.54, 1.807) is 32.3 Å². The topological polar surface area (TPSA) is 84.5 Å². The summed E-state index contributed by atoms with van der Waals surface area (Å²) in [5.74, 6) is -0.889. The Morgan fingerprint density at radius 2 is 2.15 bits per heavy atom. The van der Waals surface area contributed by atoms with E-state index in [-0.39, 0.29) is 23.3 Å². The highest BCUT2D eigenvalue weighted by atomic mass is 35.5. The standard InChI is InChI=1S/C25H22ClN3O4/c1-14(2)32-25(31)21-22(30)20(11-16-12-28-23-19(16)4-3-8-27-23)33-24(21)29-9-7-15-5-6-18(26)10-17(15)13-29/h3-6,8,10-12,14H,7,9,13H2,1-2H3,(H,27,28)/b20-11-. The zero-order valence-corrected chi connectivity index (χ0v) is 19.0. The molecule has 2 aromatic heterocycles. The van der Waals surface area contributed by atoms with E-state index in [1.165, 1.54) is 5.56 Å². The van der Waals surface area contributed by atoms with Crippen molar-refractivity contribution in [2.75, 3.05) is 6.54 Å². The maximum Gasteiger partial charge on any atom is 0.348 e. The van der Waals surface area contributed by atoms with Crippen LogP contribution in [0.3, 0.4) is 0 Å². The van der Waals surface area contributed by atoms with Gasteiger partial charge in [-0.15, -0.1) is 0 Å². The van der Waals surface area contributed by atoms with Gasteiger partial charge in [-0.3, -0.25) is 4.79 Å².